The van der Waals surface area contributed by atoms with Gasteiger partial charge in [0.05, 0.1) is 0 Å². The van der Waals surface area contributed by atoms with Gasteiger partial charge in [-0.15, -0.1) is 0 Å². The Hall–Kier alpha value is -0.0400. The van der Waals surface area contributed by atoms with E-state index in [1.165, 1.54) is 0 Å². The van der Waals surface area contributed by atoms with Crippen LogP contribution in [-0.4, -0.2) is 19.6 Å². The zero-order valence-electron chi connectivity index (χ0n) is 5.11. The highest BCUT2D eigenvalue weighted by Gasteiger charge is 2.62. The minimum absolute atomic E-state index is 0.229. The Kier molecular flexibility index (Phi) is 2.47. The molecule has 0 unspecified atom stereocenters. The Balaban J connectivity index is 5.08. The highest BCUT2D eigenvalue weighted by atomic mass is 35.7. The van der Waals surface area contributed by atoms with Crippen molar-refractivity contribution in [2.24, 2.45) is 0 Å². The summed E-state index contributed by atoms with van der Waals surface area (Å²) in [5.41, 5.74) is 0. The summed E-state index contributed by atoms with van der Waals surface area (Å²) in [6.45, 7) is -0.229. The third kappa shape index (κ3) is 1.96. The molecule has 0 bridgehead atoms. The predicted octanol–water partition coefficient (Wildman–Crippen LogP) is 1.80. The second-order valence-corrected chi connectivity index (χ2v) is 4.45. The maximum atomic E-state index is 12.0. The molecule has 0 aromatic heterocycles. The van der Waals surface area contributed by atoms with Gasteiger partial charge in [0, 0.05) is 17.6 Å². The molecule has 68 valence electrons. The topological polar surface area (TPSA) is 34.1 Å². The zero-order chi connectivity index (χ0) is 9.50. The van der Waals surface area contributed by atoms with Gasteiger partial charge in [-0.25, -0.2) is 8.42 Å². The molecule has 0 aromatic carbocycles. The van der Waals surface area contributed by atoms with E-state index in [1.54, 1.807) is 0 Å². The molecule has 0 fully saturated rings. The van der Waals surface area contributed by atoms with Crippen molar-refractivity contribution in [1.82, 2.24) is 0 Å². The van der Waals surface area contributed by atoms with Gasteiger partial charge in [0.2, 0.25) is 0 Å². The summed E-state index contributed by atoms with van der Waals surface area (Å²) in [6.07, 6.45) is 0. The van der Waals surface area contributed by atoms with Crippen LogP contribution in [0.1, 0.15) is 6.92 Å². The molecular weight excluding hydrogens is 212 g/mol. The van der Waals surface area contributed by atoms with Crippen molar-refractivity contribution in [3.05, 3.63) is 0 Å². The number of alkyl halides is 4. The van der Waals surface area contributed by atoms with Crippen molar-refractivity contribution >= 4 is 19.7 Å². The van der Waals surface area contributed by atoms with Gasteiger partial charge in [0.25, 0.3) is 0 Å². The zero-order valence-corrected chi connectivity index (χ0v) is 6.69. The smallest absolute Gasteiger partial charge is 0.206 e. The van der Waals surface area contributed by atoms with Crippen LogP contribution in [0.5, 0.6) is 0 Å². The molecule has 0 saturated carbocycles. The first-order valence-electron chi connectivity index (χ1n) is 2.20. The van der Waals surface area contributed by atoms with Crippen LogP contribution in [0.3, 0.4) is 0 Å². The fourth-order valence-corrected chi connectivity index (χ4v) is 1.05. The molecule has 0 N–H and O–H groups in total. The molecule has 8 heteroatoms. The van der Waals surface area contributed by atoms with Crippen molar-refractivity contribution in [1.29, 1.82) is 0 Å². The van der Waals surface area contributed by atoms with Crippen LogP contribution in [0.4, 0.5) is 17.6 Å². The van der Waals surface area contributed by atoms with Gasteiger partial charge >= 0.3 is 20.2 Å². The molecule has 0 spiro atoms. The molecule has 0 atom stereocenters. The first-order valence-corrected chi connectivity index (χ1v) is 4.51. The molecule has 0 aliphatic heterocycles. The average molecular weight is 215 g/mol. The van der Waals surface area contributed by atoms with Gasteiger partial charge in [-0.2, -0.15) is 17.6 Å². The number of hydrogen-bond donors (Lipinski definition) is 0. The van der Waals surface area contributed by atoms with E-state index in [1.807, 2.05) is 0 Å². The van der Waals surface area contributed by atoms with E-state index < -0.39 is 20.2 Å². The molecule has 0 rings (SSSR count). The Morgan fingerprint density at radius 2 is 1.45 bits per heavy atom. The van der Waals surface area contributed by atoms with Crippen LogP contribution in [0.25, 0.3) is 0 Å². The fourth-order valence-electron chi connectivity index (χ4n) is 0.214. The average Bonchev–Trinajstić information content (AvgIpc) is 1.58. The lowest BCUT2D eigenvalue weighted by Gasteiger charge is -2.18. The lowest BCUT2D eigenvalue weighted by Crippen LogP contribution is -2.42. The summed E-state index contributed by atoms with van der Waals surface area (Å²) in [5, 5.41) is -5.22. The molecule has 0 aromatic rings. The molecule has 0 heterocycles. The summed E-state index contributed by atoms with van der Waals surface area (Å²) in [6, 6.07) is 0. The standard InChI is InChI=1S/C3H3ClF4O2S/c1-2(5,6)3(7,8)11(4,9)10/h1H3. The van der Waals surface area contributed by atoms with Gasteiger partial charge in [-0.3, -0.25) is 0 Å². The van der Waals surface area contributed by atoms with Crippen molar-refractivity contribution < 1.29 is 26.0 Å². The van der Waals surface area contributed by atoms with Gasteiger partial charge < -0.3 is 0 Å². The molecule has 0 aliphatic carbocycles. The van der Waals surface area contributed by atoms with Gasteiger partial charge in [-0.1, -0.05) is 0 Å². The van der Waals surface area contributed by atoms with Crippen LogP contribution in [0, 0.1) is 0 Å². The lowest BCUT2D eigenvalue weighted by molar-refractivity contribution is -0.142. The van der Waals surface area contributed by atoms with E-state index in [-0.39, 0.29) is 6.92 Å². The molecule has 0 radical (unpaired) electrons. The molecular formula is C3H3ClF4O2S. The second-order valence-electron chi connectivity index (χ2n) is 1.84. The Bertz CT molecular complexity index is 241. The predicted molar refractivity (Wildman–Crippen MR) is 30.3 cm³/mol. The van der Waals surface area contributed by atoms with Crippen LogP contribution >= 0.6 is 10.7 Å². The summed E-state index contributed by atoms with van der Waals surface area (Å²) in [7, 11) is -1.52. The third-order valence-corrected chi connectivity index (χ3v) is 2.37. The van der Waals surface area contributed by atoms with Crippen LogP contribution < -0.4 is 0 Å². The summed E-state index contributed by atoms with van der Waals surface area (Å²) < 4.78 is 67.2. The third-order valence-electron chi connectivity index (χ3n) is 0.817. The Labute approximate surface area is 64.6 Å². The SMILES string of the molecule is CC(F)(F)C(F)(F)S(=O)(=O)Cl. The van der Waals surface area contributed by atoms with Gasteiger partial charge in [0.1, 0.15) is 0 Å². The first kappa shape index (κ1) is 11.0. The summed E-state index contributed by atoms with van der Waals surface area (Å²) >= 11 is 0. The van der Waals surface area contributed by atoms with E-state index in [4.69, 9.17) is 0 Å². The second kappa shape index (κ2) is 2.48. The summed E-state index contributed by atoms with van der Waals surface area (Å²) in [4.78, 5) is 0. The van der Waals surface area contributed by atoms with Gasteiger partial charge in [0.15, 0.2) is 0 Å². The van der Waals surface area contributed by atoms with Crippen molar-refractivity contribution in [2.75, 3.05) is 0 Å². The van der Waals surface area contributed by atoms with E-state index in [2.05, 4.69) is 10.7 Å². The summed E-state index contributed by atoms with van der Waals surface area (Å²) in [5.74, 6) is -4.67. The lowest BCUT2D eigenvalue weighted by atomic mass is 10.4. The van der Waals surface area contributed by atoms with Crippen molar-refractivity contribution in [3.8, 4) is 0 Å². The number of rotatable bonds is 2. The highest BCUT2D eigenvalue weighted by molar-refractivity contribution is 8.14. The fraction of sp³-hybridized carbons (Fsp3) is 1.00. The van der Waals surface area contributed by atoms with E-state index in [0.717, 1.165) is 0 Å². The maximum absolute atomic E-state index is 12.0. The van der Waals surface area contributed by atoms with E-state index >= 15 is 0 Å². The molecule has 0 aliphatic rings. The Morgan fingerprint density at radius 3 is 1.45 bits per heavy atom. The van der Waals surface area contributed by atoms with Crippen LogP contribution in [0.15, 0.2) is 0 Å². The number of halogens is 5. The Morgan fingerprint density at radius 1 is 1.18 bits per heavy atom. The first-order chi connectivity index (χ1) is 4.50. The van der Waals surface area contributed by atoms with Gasteiger partial charge in [-0.05, 0) is 0 Å². The van der Waals surface area contributed by atoms with Crippen LogP contribution in [-0.2, 0) is 9.05 Å². The number of hydrogen-bond acceptors (Lipinski definition) is 2. The molecule has 0 amide bonds. The quantitative estimate of drug-likeness (QED) is 0.519. The molecule has 0 saturated heterocycles. The normalized spacial score (nSPS) is 15.1. The van der Waals surface area contributed by atoms with Crippen LogP contribution in [0.2, 0.25) is 0 Å². The molecule has 2 nitrogen and oxygen atoms in total. The highest BCUT2D eigenvalue weighted by Crippen LogP contribution is 2.39. The maximum Gasteiger partial charge on any atom is 0.420 e. The largest absolute Gasteiger partial charge is 0.420 e. The van der Waals surface area contributed by atoms with E-state index in [0.29, 0.717) is 0 Å². The minimum Gasteiger partial charge on any atom is -0.206 e. The van der Waals surface area contributed by atoms with Crippen molar-refractivity contribution in [3.63, 3.8) is 0 Å². The molecule has 11 heavy (non-hydrogen) atoms. The van der Waals surface area contributed by atoms with Crippen molar-refractivity contribution in [2.45, 2.75) is 18.1 Å². The monoisotopic (exact) mass is 214 g/mol. The minimum atomic E-state index is -5.57. The van der Waals surface area contributed by atoms with E-state index in [9.17, 15) is 26.0 Å².